The van der Waals surface area contributed by atoms with Crippen molar-refractivity contribution in [3.8, 4) is 11.1 Å². The molecule has 2 rings (SSSR count). The highest BCUT2D eigenvalue weighted by Crippen LogP contribution is 2.38. The molecular weight excluding hydrogens is 480 g/mol. The van der Waals surface area contributed by atoms with E-state index in [1.807, 2.05) is 5.32 Å². The van der Waals surface area contributed by atoms with Gasteiger partial charge < -0.3 is 10.1 Å². The van der Waals surface area contributed by atoms with Crippen molar-refractivity contribution in [2.75, 3.05) is 17.3 Å². The van der Waals surface area contributed by atoms with E-state index >= 15 is 0 Å². The Morgan fingerprint density at radius 2 is 1.79 bits per heavy atom. The molecule has 0 radical (unpaired) electrons. The van der Waals surface area contributed by atoms with Crippen LogP contribution in [0.15, 0.2) is 17.2 Å². The molecule has 0 fully saturated rings. The second kappa shape index (κ2) is 10.7. The SMILES string of the molecule is CCOC(=O)C(C)/C=N/Nc1nc(Cl)c(-c2c(F)cc(F)cc2F)c(N[C@@H](C)C(F)(F)F)n1. The Hall–Kier alpha value is -3.09. The van der Waals surface area contributed by atoms with E-state index in [4.69, 9.17) is 16.3 Å². The van der Waals surface area contributed by atoms with Crippen molar-refractivity contribution in [2.24, 2.45) is 11.0 Å². The first-order valence-electron chi connectivity index (χ1n) is 9.36. The van der Waals surface area contributed by atoms with Crippen molar-refractivity contribution in [1.29, 1.82) is 0 Å². The third-order valence-electron chi connectivity index (χ3n) is 4.09. The Morgan fingerprint density at radius 1 is 1.18 bits per heavy atom. The summed E-state index contributed by atoms with van der Waals surface area (Å²) in [4.78, 5) is 19.1. The van der Waals surface area contributed by atoms with Crippen LogP contribution in [0.1, 0.15) is 20.8 Å². The van der Waals surface area contributed by atoms with Crippen LogP contribution in [0.2, 0.25) is 5.15 Å². The third-order valence-corrected chi connectivity index (χ3v) is 4.36. The molecule has 180 valence electrons. The topological polar surface area (TPSA) is 88.5 Å². The molecule has 0 bridgehead atoms. The highest BCUT2D eigenvalue weighted by atomic mass is 35.5. The molecule has 2 aromatic rings. The van der Waals surface area contributed by atoms with Gasteiger partial charge in [0.1, 0.15) is 34.5 Å². The van der Waals surface area contributed by atoms with E-state index in [2.05, 4.69) is 20.5 Å². The van der Waals surface area contributed by atoms with Crippen molar-refractivity contribution in [2.45, 2.75) is 33.0 Å². The number of carbonyl (C=O) groups excluding carboxylic acids is 1. The molecule has 1 aromatic carbocycles. The van der Waals surface area contributed by atoms with Crippen LogP contribution < -0.4 is 10.7 Å². The summed E-state index contributed by atoms with van der Waals surface area (Å²) >= 11 is 6.02. The first-order chi connectivity index (χ1) is 15.3. The largest absolute Gasteiger partial charge is 0.466 e. The number of hydrogen-bond donors (Lipinski definition) is 2. The van der Waals surface area contributed by atoms with E-state index in [0.29, 0.717) is 12.1 Å². The summed E-state index contributed by atoms with van der Waals surface area (Å²) in [6, 6.07) is -1.55. The van der Waals surface area contributed by atoms with Crippen LogP contribution >= 0.6 is 11.6 Å². The minimum absolute atomic E-state index is 0.146. The fourth-order valence-corrected chi connectivity index (χ4v) is 2.68. The summed E-state index contributed by atoms with van der Waals surface area (Å²) in [5, 5.41) is 5.03. The number of ether oxygens (including phenoxy) is 1. The lowest BCUT2D eigenvalue weighted by molar-refractivity contribution is -0.145. The predicted molar refractivity (Wildman–Crippen MR) is 109 cm³/mol. The van der Waals surface area contributed by atoms with Crippen molar-refractivity contribution in [3.63, 3.8) is 0 Å². The Morgan fingerprint density at radius 3 is 2.33 bits per heavy atom. The Kier molecular flexibility index (Phi) is 8.47. The maximum Gasteiger partial charge on any atom is 0.408 e. The Balaban J connectivity index is 2.50. The molecule has 2 atom stereocenters. The maximum atomic E-state index is 14.3. The van der Waals surface area contributed by atoms with Gasteiger partial charge in [0.05, 0.1) is 23.7 Å². The lowest BCUT2D eigenvalue weighted by atomic mass is 10.1. The van der Waals surface area contributed by atoms with Crippen LogP contribution in [0.3, 0.4) is 0 Å². The zero-order chi connectivity index (χ0) is 24.9. The van der Waals surface area contributed by atoms with Crippen molar-refractivity contribution < 1.29 is 35.9 Å². The molecule has 1 aromatic heterocycles. The van der Waals surface area contributed by atoms with Gasteiger partial charge in [-0.2, -0.15) is 28.2 Å². The van der Waals surface area contributed by atoms with Crippen LogP contribution in [-0.4, -0.2) is 41.0 Å². The molecule has 33 heavy (non-hydrogen) atoms. The van der Waals surface area contributed by atoms with Gasteiger partial charge in [-0.1, -0.05) is 11.6 Å². The molecule has 14 heteroatoms. The summed E-state index contributed by atoms with van der Waals surface area (Å²) in [7, 11) is 0. The lowest BCUT2D eigenvalue weighted by Crippen LogP contribution is -2.33. The van der Waals surface area contributed by atoms with Crippen LogP contribution in [0.5, 0.6) is 0 Å². The number of esters is 1. The molecule has 1 heterocycles. The van der Waals surface area contributed by atoms with Gasteiger partial charge >= 0.3 is 12.1 Å². The number of hydrazone groups is 1. The molecule has 0 aliphatic heterocycles. The van der Waals surface area contributed by atoms with E-state index in [9.17, 15) is 31.1 Å². The van der Waals surface area contributed by atoms with Gasteiger partial charge in [-0.3, -0.25) is 4.79 Å². The molecule has 0 spiro atoms. The summed E-state index contributed by atoms with van der Waals surface area (Å²) in [6.07, 6.45) is -3.64. The lowest BCUT2D eigenvalue weighted by Gasteiger charge is -2.21. The minimum atomic E-state index is -4.75. The second-order valence-corrected chi connectivity index (χ2v) is 7.00. The minimum Gasteiger partial charge on any atom is -0.466 e. The van der Waals surface area contributed by atoms with Crippen LogP contribution in [0.4, 0.5) is 38.1 Å². The second-order valence-electron chi connectivity index (χ2n) is 6.64. The molecule has 2 N–H and O–H groups in total. The third kappa shape index (κ3) is 6.70. The van der Waals surface area contributed by atoms with Gasteiger partial charge in [0, 0.05) is 18.3 Å². The van der Waals surface area contributed by atoms with E-state index in [-0.39, 0.29) is 6.61 Å². The van der Waals surface area contributed by atoms with Crippen molar-refractivity contribution in [3.05, 3.63) is 34.7 Å². The van der Waals surface area contributed by atoms with E-state index in [1.54, 1.807) is 6.92 Å². The average Bonchev–Trinajstić information content (AvgIpc) is 2.68. The molecule has 0 saturated carbocycles. The highest BCUT2D eigenvalue weighted by molar-refractivity contribution is 6.32. The summed E-state index contributed by atoms with van der Waals surface area (Å²) in [5.74, 6) is -6.60. The Bertz CT molecular complexity index is 1030. The fraction of sp³-hybridized carbons (Fsp3) is 0.368. The number of nitrogens with zero attached hydrogens (tertiary/aromatic N) is 3. The number of rotatable bonds is 8. The number of nitrogens with one attached hydrogen (secondary N) is 2. The molecule has 0 saturated heterocycles. The van der Waals surface area contributed by atoms with Gasteiger partial charge in [-0.25, -0.2) is 18.6 Å². The quantitative estimate of drug-likeness (QED) is 0.172. The van der Waals surface area contributed by atoms with Gasteiger partial charge in [0.15, 0.2) is 0 Å². The van der Waals surface area contributed by atoms with Gasteiger partial charge in [0.2, 0.25) is 5.95 Å². The molecular formula is C19H18ClF6N5O2. The van der Waals surface area contributed by atoms with Crippen LogP contribution in [0, 0.1) is 23.4 Å². The normalized spacial score (nSPS) is 13.6. The van der Waals surface area contributed by atoms with E-state index < -0.39 is 69.6 Å². The van der Waals surface area contributed by atoms with Gasteiger partial charge in [-0.15, -0.1) is 0 Å². The van der Waals surface area contributed by atoms with E-state index in [0.717, 1.165) is 13.1 Å². The maximum absolute atomic E-state index is 14.3. The first kappa shape index (κ1) is 26.2. The van der Waals surface area contributed by atoms with Gasteiger partial charge in [0.25, 0.3) is 0 Å². The molecule has 7 nitrogen and oxygen atoms in total. The Labute approximate surface area is 189 Å². The molecule has 1 unspecified atom stereocenters. The fourth-order valence-electron chi connectivity index (χ4n) is 2.42. The number of benzene rings is 1. The highest BCUT2D eigenvalue weighted by Gasteiger charge is 2.37. The van der Waals surface area contributed by atoms with Crippen molar-refractivity contribution in [1.82, 2.24) is 9.97 Å². The predicted octanol–water partition coefficient (Wildman–Crippen LogP) is 5.17. The number of aromatic nitrogens is 2. The zero-order valence-corrected chi connectivity index (χ0v) is 18.2. The number of anilines is 2. The number of hydrogen-bond acceptors (Lipinski definition) is 7. The molecule has 0 aliphatic carbocycles. The zero-order valence-electron chi connectivity index (χ0n) is 17.4. The summed E-state index contributed by atoms with van der Waals surface area (Å²) in [5.41, 5.74) is 0.687. The standard InChI is InChI=1S/C19H18ClF6N5O2/c1-4-33-17(32)8(2)7-27-31-18-29-15(20)14(13-11(22)5-10(21)6-12(13)23)16(30-18)28-9(3)19(24,25)26/h5-9H,4H2,1-3H3,(H2,28,29,30,31)/b27-7+/t8?,9-/m0/s1. The van der Waals surface area contributed by atoms with Crippen molar-refractivity contribution >= 4 is 35.6 Å². The van der Waals surface area contributed by atoms with E-state index in [1.165, 1.54) is 6.92 Å². The van der Waals surface area contributed by atoms with Gasteiger partial charge in [-0.05, 0) is 20.8 Å². The molecule has 0 amide bonds. The van der Waals surface area contributed by atoms with Crippen LogP contribution in [0.25, 0.3) is 11.1 Å². The number of carbonyl (C=O) groups is 1. The van der Waals surface area contributed by atoms with Crippen LogP contribution in [-0.2, 0) is 9.53 Å². The average molecular weight is 498 g/mol. The monoisotopic (exact) mass is 497 g/mol. The summed E-state index contributed by atoms with van der Waals surface area (Å²) in [6.45, 7) is 3.97. The smallest absolute Gasteiger partial charge is 0.408 e. The number of alkyl halides is 3. The number of halogens is 7. The molecule has 0 aliphatic rings. The first-order valence-corrected chi connectivity index (χ1v) is 9.74. The summed E-state index contributed by atoms with van der Waals surface area (Å²) < 4.78 is 86.0.